The fourth-order valence-corrected chi connectivity index (χ4v) is 2.14. The summed E-state index contributed by atoms with van der Waals surface area (Å²) < 4.78 is 37.3. The van der Waals surface area contributed by atoms with Crippen molar-refractivity contribution in [3.8, 4) is 11.5 Å². The molecule has 0 radical (unpaired) electrons. The Balaban J connectivity index is 0.000000954. The van der Waals surface area contributed by atoms with Gasteiger partial charge in [-0.25, -0.2) is 0 Å². The van der Waals surface area contributed by atoms with Gasteiger partial charge in [0.1, 0.15) is 16.4 Å². The molecule has 0 amide bonds. The molecular formula is C14H15N2NaO6S. The van der Waals surface area contributed by atoms with Crippen molar-refractivity contribution in [2.45, 2.75) is 11.8 Å². The second-order valence-electron chi connectivity index (χ2n) is 4.19. The third-order valence-corrected chi connectivity index (χ3v) is 3.23. The molecule has 0 bridgehead atoms. The van der Waals surface area contributed by atoms with Crippen molar-refractivity contribution in [1.82, 2.24) is 0 Å². The first-order valence-electron chi connectivity index (χ1n) is 6.22. The normalized spacial score (nSPS) is 9.79. The van der Waals surface area contributed by atoms with E-state index in [1.165, 1.54) is 18.2 Å². The Kier molecular flexibility index (Phi) is 9.59. The van der Waals surface area contributed by atoms with Crippen molar-refractivity contribution < 1.29 is 57.2 Å². The van der Waals surface area contributed by atoms with Crippen LogP contribution in [0, 0.1) is 0 Å². The standard InChI is InChI=1S/C12H12N2O4S.C2H4O2.Na/c13-14-9-6-7-11(12(8-9)19(15,16)17)18-10-4-2-1-3-5-10;1-2(3)4;/h1-8,14H,13H2,(H,15,16,17);1H3,(H,3,4);/q;;+1/p-1. The van der Waals surface area contributed by atoms with E-state index in [1.54, 1.807) is 30.3 Å². The third kappa shape index (κ3) is 7.77. The van der Waals surface area contributed by atoms with Crippen molar-refractivity contribution in [1.29, 1.82) is 0 Å². The van der Waals surface area contributed by atoms with Gasteiger partial charge in [-0.1, -0.05) is 18.2 Å². The molecule has 0 saturated carbocycles. The Labute approximate surface area is 161 Å². The predicted octanol–water partition coefficient (Wildman–Crippen LogP) is -2.23. The topological polar surface area (TPSA) is 142 Å². The number of carboxylic acids is 1. The molecule has 0 heterocycles. The maximum Gasteiger partial charge on any atom is 1.00 e. The van der Waals surface area contributed by atoms with E-state index in [4.69, 9.17) is 20.5 Å². The maximum absolute atomic E-state index is 11.3. The molecule has 10 heteroatoms. The maximum atomic E-state index is 11.3. The molecule has 0 aliphatic heterocycles. The summed E-state index contributed by atoms with van der Waals surface area (Å²) in [7, 11) is -4.41. The van der Waals surface area contributed by atoms with Gasteiger partial charge in [0.2, 0.25) is 0 Å². The van der Waals surface area contributed by atoms with Gasteiger partial charge in [0, 0.05) is 5.97 Å². The van der Waals surface area contributed by atoms with E-state index in [1.807, 2.05) is 0 Å². The van der Waals surface area contributed by atoms with Crippen molar-refractivity contribution >= 4 is 21.8 Å². The molecule has 0 saturated heterocycles. The molecule has 24 heavy (non-hydrogen) atoms. The van der Waals surface area contributed by atoms with Crippen LogP contribution in [-0.2, 0) is 14.9 Å². The van der Waals surface area contributed by atoms with Crippen LogP contribution in [0.1, 0.15) is 6.92 Å². The van der Waals surface area contributed by atoms with Crippen LogP contribution < -0.4 is 50.7 Å². The zero-order valence-electron chi connectivity index (χ0n) is 13.1. The molecule has 0 spiro atoms. The number of nitrogen functional groups attached to an aromatic ring is 1. The summed E-state index contributed by atoms with van der Waals surface area (Å²) in [6, 6.07) is 12.8. The van der Waals surface area contributed by atoms with Gasteiger partial charge in [0.25, 0.3) is 10.1 Å². The molecule has 124 valence electrons. The number of benzene rings is 2. The summed E-state index contributed by atoms with van der Waals surface area (Å²) in [5.41, 5.74) is 2.64. The SMILES string of the molecule is CC(=O)[O-].NNc1ccc(Oc2ccccc2)c(S(=O)(=O)O)c1.[Na+]. The summed E-state index contributed by atoms with van der Waals surface area (Å²) in [5.74, 6) is 4.59. The number of para-hydroxylation sites is 1. The van der Waals surface area contributed by atoms with E-state index in [0.29, 0.717) is 11.4 Å². The summed E-state index contributed by atoms with van der Waals surface area (Å²) in [6.07, 6.45) is 0. The minimum atomic E-state index is -4.41. The molecule has 2 rings (SSSR count). The van der Waals surface area contributed by atoms with Gasteiger partial charge in [-0.05, 0) is 37.3 Å². The molecule has 0 aliphatic rings. The molecule has 0 fully saturated rings. The van der Waals surface area contributed by atoms with Crippen LogP contribution in [0.4, 0.5) is 5.69 Å². The second-order valence-corrected chi connectivity index (χ2v) is 5.58. The first-order chi connectivity index (χ1) is 10.7. The average molecular weight is 362 g/mol. The molecule has 8 nitrogen and oxygen atoms in total. The number of nitrogens with one attached hydrogen (secondary N) is 1. The number of hydrogen-bond donors (Lipinski definition) is 3. The van der Waals surface area contributed by atoms with Crippen LogP contribution in [0.15, 0.2) is 53.4 Å². The molecule has 0 atom stereocenters. The second kappa shape index (κ2) is 10.3. The van der Waals surface area contributed by atoms with Crippen molar-refractivity contribution in [3.05, 3.63) is 48.5 Å². The fourth-order valence-electron chi connectivity index (χ4n) is 1.50. The zero-order valence-corrected chi connectivity index (χ0v) is 15.9. The molecule has 0 aromatic heterocycles. The van der Waals surface area contributed by atoms with Gasteiger partial charge in [0.05, 0.1) is 5.69 Å². The van der Waals surface area contributed by atoms with E-state index in [0.717, 1.165) is 6.92 Å². The van der Waals surface area contributed by atoms with E-state index in [9.17, 15) is 13.0 Å². The van der Waals surface area contributed by atoms with Crippen molar-refractivity contribution in [2.24, 2.45) is 5.84 Å². The summed E-state index contributed by atoms with van der Waals surface area (Å²) in [5, 5.41) is 8.89. The molecule has 2 aromatic rings. The smallest absolute Gasteiger partial charge is 0.550 e. The Morgan fingerprint density at radius 3 is 2.21 bits per heavy atom. The van der Waals surface area contributed by atoms with Crippen molar-refractivity contribution in [2.75, 3.05) is 5.43 Å². The first-order valence-corrected chi connectivity index (χ1v) is 7.66. The molecule has 4 N–H and O–H groups in total. The van der Waals surface area contributed by atoms with Gasteiger partial charge in [-0.3, -0.25) is 10.4 Å². The minimum Gasteiger partial charge on any atom is -0.550 e. The number of anilines is 1. The summed E-state index contributed by atoms with van der Waals surface area (Å²) in [4.78, 5) is 8.53. The average Bonchev–Trinajstić information content (AvgIpc) is 2.47. The number of carboxylic acid groups (broad SMARTS) is 1. The summed E-state index contributed by atoms with van der Waals surface area (Å²) >= 11 is 0. The quantitative estimate of drug-likeness (QED) is 0.240. The first kappa shape index (κ1) is 22.4. The fraction of sp³-hybridized carbons (Fsp3) is 0.0714. The Bertz CT molecular complexity index is 764. The third-order valence-electron chi connectivity index (χ3n) is 2.36. The number of rotatable bonds is 4. The van der Waals surface area contributed by atoms with Crippen molar-refractivity contribution in [3.63, 3.8) is 0 Å². The molecular weight excluding hydrogens is 347 g/mol. The van der Waals surface area contributed by atoms with Gasteiger partial charge < -0.3 is 20.1 Å². The molecule has 0 unspecified atom stereocenters. The van der Waals surface area contributed by atoms with E-state index in [2.05, 4.69) is 5.43 Å². The number of ether oxygens (including phenoxy) is 1. The number of hydrazine groups is 1. The zero-order chi connectivity index (χ0) is 17.5. The van der Waals surface area contributed by atoms with Crippen LogP contribution in [0.5, 0.6) is 11.5 Å². The van der Waals surface area contributed by atoms with Gasteiger partial charge in [-0.2, -0.15) is 8.42 Å². The van der Waals surface area contributed by atoms with E-state index in [-0.39, 0.29) is 40.2 Å². The van der Waals surface area contributed by atoms with Crippen LogP contribution >= 0.6 is 0 Å². The Hall–Kier alpha value is -1.62. The Morgan fingerprint density at radius 2 is 1.75 bits per heavy atom. The summed E-state index contributed by atoms with van der Waals surface area (Å²) in [6.45, 7) is 0.972. The van der Waals surface area contributed by atoms with Crippen LogP contribution in [-0.4, -0.2) is 18.9 Å². The number of carbonyl (C=O) groups excluding carboxylic acids is 1. The monoisotopic (exact) mass is 362 g/mol. The number of aliphatic carboxylic acids is 1. The van der Waals surface area contributed by atoms with E-state index < -0.39 is 16.1 Å². The molecule has 0 aliphatic carbocycles. The minimum absolute atomic E-state index is 0. The Morgan fingerprint density at radius 1 is 1.21 bits per heavy atom. The van der Waals surface area contributed by atoms with Gasteiger partial charge in [-0.15, -0.1) is 0 Å². The predicted molar refractivity (Wildman–Crippen MR) is 81.3 cm³/mol. The van der Waals surface area contributed by atoms with Crippen LogP contribution in [0.3, 0.4) is 0 Å². The van der Waals surface area contributed by atoms with E-state index >= 15 is 0 Å². The van der Waals surface area contributed by atoms with Gasteiger partial charge in [0.15, 0.2) is 0 Å². The van der Waals surface area contributed by atoms with Crippen LogP contribution in [0.2, 0.25) is 0 Å². The number of carbonyl (C=O) groups is 1. The largest absolute Gasteiger partial charge is 1.00 e. The number of nitrogens with two attached hydrogens (primary N) is 1. The van der Waals surface area contributed by atoms with Gasteiger partial charge >= 0.3 is 29.6 Å². The number of hydrogen-bond acceptors (Lipinski definition) is 7. The van der Waals surface area contributed by atoms with Crippen LogP contribution in [0.25, 0.3) is 0 Å². The molecule has 2 aromatic carbocycles.